The van der Waals surface area contributed by atoms with Crippen molar-refractivity contribution in [1.82, 2.24) is 15.5 Å². The number of hydrogen-bond acceptors (Lipinski definition) is 4. The first-order valence-electron chi connectivity index (χ1n) is 8.19. The number of aliphatic hydroxyl groups is 1. The molecule has 2 aliphatic heterocycles. The molecule has 1 fully saturated rings. The van der Waals surface area contributed by atoms with E-state index in [0.29, 0.717) is 36.9 Å². The number of β-amino-alcohol motifs (C(OH)–C–C–N with tert-alkyl or cyclic N) is 1. The first-order valence-corrected chi connectivity index (χ1v) is 8.19. The van der Waals surface area contributed by atoms with Gasteiger partial charge in [-0.1, -0.05) is 24.6 Å². The second-order valence-electron chi connectivity index (χ2n) is 6.18. The first-order chi connectivity index (χ1) is 11.5. The molecule has 3 rings (SSSR count). The van der Waals surface area contributed by atoms with E-state index in [-0.39, 0.29) is 24.9 Å². The summed E-state index contributed by atoms with van der Waals surface area (Å²) in [6, 6.07) is 6.91. The van der Waals surface area contributed by atoms with Gasteiger partial charge >= 0.3 is 0 Å². The van der Waals surface area contributed by atoms with Crippen LogP contribution in [0.4, 0.5) is 0 Å². The molecule has 1 atom stereocenters. The minimum atomic E-state index is -1.55. The van der Waals surface area contributed by atoms with Gasteiger partial charge in [-0.25, -0.2) is 0 Å². The third-order valence-corrected chi connectivity index (χ3v) is 4.54. The predicted octanol–water partition coefficient (Wildman–Crippen LogP) is 0.0939. The summed E-state index contributed by atoms with van der Waals surface area (Å²) in [4.78, 5) is 37.6. The van der Waals surface area contributed by atoms with E-state index in [1.165, 1.54) is 4.90 Å². The van der Waals surface area contributed by atoms with Crippen molar-refractivity contribution in [3.05, 3.63) is 35.4 Å². The molecule has 0 radical (unpaired) electrons. The van der Waals surface area contributed by atoms with Gasteiger partial charge in [0.25, 0.3) is 5.91 Å². The van der Waals surface area contributed by atoms with Gasteiger partial charge in [-0.3, -0.25) is 14.4 Å². The standard InChI is InChI=1S/C17H21N3O4/c21-14-8-2-1-5-9-20-16(23)12-6-3-4-7-13(12)17(20,24)11-19-15(22)10-18-14/h3-4,6-7,24H,1-2,5,8-11H2,(H,18,21)(H,19,22). The lowest BCUT2D eigenvalue weighted by Gasteiger charge is -2.34. The summed E-state index contributed by atoms with van der Waals surface area (Å²) in [5.41, 5.74) is -0.578. The van der Waals surface area contributed by atoms with Gasteiger partial charge in [0.1, 0.15) is 0 Å². The van der Waals surface area contributed by atoms with Gasteiger partial charge in [0.15, 0.2) is 5.72 Å². The summed E-state index contributed by atoms with van der Waals surface area (Å²) in [5.74, 6) is -0.788. The highest BCUT2D eigenvalue weighted by atomic mass is 16.3. The van der Waals surface area contributed by atoms with Crippen LogP contribution in [0, 0.1) is 0 Å². The van der Waals surface area contributed by atoms with E-state index in [1.807, 2.05) is 0 Å². The van der Waals surface area contributed by atoms with Crippen LogP contribution in [0.3, 0.4) is 0 Å². The molecule has 3 amide bonds. The maximum Gasteiger partial charge on any atom is 0.256 e. The third kappa shape index (κ3) is 2.99. The van der Waals surface area contributed by atoms with E-state index in [4.69, 9.17) is 0 Å². The van der Waals surface area contributed by atoms with Crippen LogP contribution in [-0.4, -0.2) is 47.4 Å². The molecule has 24 heavy (non-hydrogen) atoms. The third-order valence-electron chi connectivity index (χ3n) is 4.54. The van der Waals surface area contributed by atoms with E-state index >= 15 is 0 Å². The minimum absolute atomic E-state index is 0.107. The highest BCUT2D eigenvalue weighted by Gasteiger charge is 2.48. The monoisotopic (exact) mass is 331 g/mol. The molecule has 3 N–H and O–H groups in total. The van der Waals surface area contributed by atoms with E-state index in [1.54, 1.807) is 24.3 Å². The first kappa shape index (κ1) is 16.4. The number of benzene rings is 1. The summed E-state index contributed by atoms with van der Waals surface area (Å²) in [6.45, 7) is 0.135. The molecule has 0 spiro atoms. The Labute approximate surface area is 140 Å². The molecule has 1 unspecified atom stereocenters. The Morgan fingerprint density at radius 1 is 1.00 bits per heavy atom. The molecule has 0 aromatic heterocycles. The average molecular weight is 331 g/mol. The fourth-order valence-corrected chi connectivity index (χ4v) is 3.24. The van der Waals surface area contributed by atoms with E-state index in [2.05, 4.69) is 10.6 Å². The maximum absolute atomic E-state index is 12.6. The number of carbonyl (C=O) groups excluding carboxylic acids is 3. The Balaban J connectivity index is 1.88. The Bertz CT molecular complexity index is 676. The van der Waals surface area contributed by atoms with Crippen molar-refractivity contribution >= 4 is 17.7 Å². The second kappa shape index (κ2) is 6.60. The van der Waals surface area contributed by atoms with Crippen LogP contribution in [0.25, 0.3) is 0 Å². The molecule has 0 bridgehead atoms. The van der Waals surface area contributed by atoms with Gasteiger partial charge in [0.2, 0.25) is 11.8 Å². The summed E-state index contributed by atoms with van der Waals surface area (Å²) in [7, 11) is 0. The Kier molecular flexibility index (Phi) is 4.53. The smallest absolute Gasteiger partial charge is 0.256 e. The van der Waals surface area contributed by atoms with Gasteiger partial charge < -0.3 is 20.6 Å². The zero-order chi connectivity index (χ0) is 17.2. The number of nitrogens with zero attached hydrogens (tertiary/aromatic N) is 1. The van der Waals surface area contributed by atoms with Crippen molar-refractivity contribution in [2.75, 3.05) is 19.6 Å². The molecule has 1 aromatic carbocycles. The average Bonchev–Trinajstić information content (AvgIpc) is 2.80. The van der Waals surface area contributed by atoms with Crippen LogP contribution in [-0.2, 0) is 15.3 Å². The molecule has 0 saturated carbocycles. The topological polar surface area (TPSA) is 98.7 Å². The Hall–Kier alpha value is -2.41. The molecular formula is C17H21N3O4. The molecule has 0 aliphatic carbocycles. The van der Waals surface area contributed by atoms with Crippen LogP contribution < -0.4 is 10.6 Å². The Morgan fingerprint density at radius 2 is 1.79 bits per heavy atom. The molecule has 1 saturated heterocycles. The van der Waals surface area contributed by atoms with Crippen LogP contribution in [0.2, 0.25) is 0 Å². The highest BCUT2D eigenvalue weighted by Crippen LogP contribution is 2.37. The highest BCUT2D eigenvalue weighted by molar-refractivity contribution is 5.99. The van der Waals surface area contributed by atoms with Crippen molar-refractivity contribution in [1.29, 1.82) is 0 Å². The molecule has 7 heteroatoms. The van der Waals surface area contributed by atoms with Crippen LogP contribution in [0.5, 0.6) is 0 Å². The summed E-state index contributed by atoms with van der Waals surface area (Å²) < 4.78 is 0. The van der Waals surface area contributed by atoms with E-state index < -0.39 is 11.6 Å². The van der Waals surface area contributed by atoms with Crippen molar-refractivity contribution in [3.63, 3.8) is 0 Å². The quantitative estimate of drug-likeness (QED) is 0.628. The molecule has 1 aromatic rings. The maximum atomic E-state index is 12.6. The largest absolute Gasteiger partial charge is 0.365 e. The van der Waals surface area contributed by atoms with Gasteiger partial charge in [0.05, 0.1) is 13.1 Å². The number of amides is 3. The number of fused-ring (bicyclic) bond motifs is 3. The fourth-order valence-electron chi connectivity index (χ4n) is 3.24. The summed E-state index contributed by atoms with van der Waals surface area (Å²) in [5, 5.41) is 16.3. The lowest BCUT2D eigenvalue weighted by atomic mass is 10.0. The minimum Gasteiger partial charge on any atom is -0.365 e. The van der Waals surface area contributed by atoms with E-state index in [0.717, 1.165) is 6.42 Å². The van der Waals surface area contributed by atoms with Gasteiger partial charge in [0, 0.05) is 24.1 Å². The lowest BCUT2D eigenvalue weighted by Crippen LogP contribution is -2.52. The van der Waals surface area contributed by atoms with Crippen molar-refractivity contribution < 1.29 is 19.5 Å². The summed E-state index contributed by atoms with van der Waals surface area (Å²) >= 11 is 0. The number of hydrogen-bond donors (Lipinski definition) is 3. The van der Waals surface area contributed by atoms with Crippen molar-refractivity contribution in [2.24, 2.45) is 0 Å². The van der Waals surface area contributed by atoms with Crippen molar-refractivity contribution in [2.45, 2.75) is 31.4 Å². The number of rotatable bonds is 0. The van der Waals surface area contributed by atoms with E-state index in [9.17, 15) is 19.5 Å². The number of carbonyl (C=O) groups is 3. The second-order valence-corrected chi connectivity index (χ2v) is 6.18. The normalized spacial score (nSPS) is 25.5. The zero-order valence-corrected chi connectivity index (χ0v) is 13.4. The van der Waals surface area contributed by atoms with Gasteiger partial charge in [-0.2, -0.15) is 0 Å². The predicted molar refractivity (Wildman–Crippen MR) is 85.9 cm³/mol. The van der Waals surface area contributed by atoms with Crippen LogP contribution in [0.1, 0.15) is 41.6 Å². The van der Waals surface area contributed by atoms with Gasteiger partial charge in [-0.15, -0.1) is 0 Å². The molecular weight excluding hydrogens is 310 g/mol. The van der Waals surface area contributed by atoms with Gasteiger partial charge in [-0.05, 0) is 18.9 Å². The van der Waals surface area contributed by atoms with Crippen molar-refractivity contribution in [3.8, 4) is 0 Å². The molecule has 2 aliphatic rings. The molecule has 2 heterocycles. The lowest BCUT2D eigenvalue weighted by molar-refractivity contribution is -0.128. The molecule has 128 valence electrons. The SMILES string of the molecule is O=C1CCCCCN2C(=O)c3ccccc3C2(O)CNC(=O)CN1. The molecule has 7 nitrogen and oxygen atoms in total. The zero-order valence-electron chi connectivity index (χ0n) is 13.4. The Morgan fingerprint density at radius 3 is 2.62 bits per heavy atom. The summed E-state index contributed by atoms with van der Waals surface area (Å²) in [6.07, 6.45) is 2.49. The van der Waals surface area contributed by atoms with Crippen LogP contribution in [0.15, 0.2) is 24.3 Å². The van der Waals surface area contributed by atoms with Crippen LogP contribution >= 0.6 is 0 Å². The fraction of sp³-hybridized carbons (Fsp3) is 0.471. The number of nitrogens with one attached hydrogen (secondary N) is 2.